The number of nitrogens with two attached hydrogens (primary N) is 1. The fourth-order valence-electron chi connectivity index (χ4n) is 1.32. The maximum Gasteiger partial charge on any atom is 0.0948 e. The van der Waals surface area contributed by atoms with Crippen LogP contribution in [-0.2, 0) is 13.0 Å². The molecule has 0 amide bonds. The monoisotopic (exact) mass is 183 g/mol. The Kier molecular flexibility index (Phi) is 3.92. The highest BCUT2D eigenvalue weighted by molar-refractivity contribution is 4.99. The molecule has 0 aliphatic carbocycles. The van der Waals surface area contributed by atoms with Gasteiger partial charge in [-0.15, -0.1) is 0 Å². The van der Waals surface area contributed by atoms with Crippen molar-refractivity contribution in [3.63, 3.8) is 0 Å². The molecule has 0 saturated heterocycles. The summed E-state index contributed by atoms with van der Waals surface area (Å²) >= 11 is 0. The van der Waals surface area contributed by atoms with Crippen molar-refractivity contribution in [2.45, 2.75) is 19.9 Å². The summed E-state index contributed by atoms with van der Waals surface area (Å²) < 4.78 is 2.07. The Balaban J connectivity index is 2.61. The summed E-state index contributed by atoms with van der Waals surface area (Å²) in [5.74, 6) is 0.155. The maximum absolute atomic E-state index is 8.98. The predicted octanol–water partition coefficient (Wildman–Crippen LogP) is 0.0127. The van der Waals surface area contributed by atoms with Gasteiger partial charge in [-0.3, -0.25) is 0 Å². The lowest BCUT2D eigenvalue weighted by atomic mass is 10.1. The van der Waals surface area contributed by atoms with Crippen molar-refractivity contribution in [3.05, 3.63) is 18.2 Å². The molecule has 4 nitrogen and oxygen atoms in total. The zero-order chi connectivity index (χ0) is 9.68. The molecule has 1 rings (SSSR count). The number of aliphatic hydroxyl groups is 1. The van der Waals surface area contributed by atoms with Crippen LogP contribution in [0.3, 0.4) is 0 Å². The van der Waals surface area contributed by atoms with E-state index in [1.807, 2.05) is 6.20 Å². The van der Waals surface area contributed by atoms with Crippen molar-refractivity contribution in [1.82, 2.24) is 9.55 Å². The Labute approximate surface area is 78.4 Å². The summed E-state index contributed by atoms with van der Waals surface area (Å²) in [4.78, 5) is 4.06. The van der Waals surface area contributed by atoms with Gasteiger partial charge in [-0.05, 0) is 25.8 Å². The molecule has 74 valence electrons. The smallest absolute Gasteiger partial charge is 0.0948 e. The maximum atomic E-state index is 8.98. The second-order valence-electron chi connectivity index (χ2n) is 3.16. The lowest BCUT2D eigenvalue weighted by Gasteiger charge is -2.12. The second-order valence-corrected chi connectivity index (χ2v) is 3.16. The molecular formula is C9H17N3O. The van der Waals surface area contributed by atoms with Crippen LogP contribution in [0.2, 0.25) is 0 Å². The lowest BCUT2D eigenvalue weighted by Crippen LogP contribution is -2.21. The molecule has 1 aromatic rings. The van der Waals surface area contributed by atoms with E-state index in [1.165, 1.54) is 0 Å². The molecule has 0 saturated carbocycles. The van der Waals surface area contributed by atoms with E-state index in [4.69, 9.17) is 10.8 Å². The quantitative estimate of drug-likeness (QED) is 0.676. The van der Waals surface area contributed by atoms with Crippen molar-refractivity contribution >= 4 is 0 Å². The molecule has 0 bridgehead atoms. The van der Waals surface area contributed by atoms with E-state index in [9.17, 15) is 0 Å². The molecule has 1 unspecified atom stereocenters. The zero-order valence-electron chi connectivity index (χ0n) is 7.98. The first kappa shape index (κ1) is 10.2. The molecule has 1 aromatic heterocycles. The summed E-state index contributed by atoms with van der Waals surface area (Å²) in [6.45, 7) is 3.65. The van der Waals surface area contributed by atoms with Gasteiger partial charge in [0.15, 0.2) is 0 Å². The Morgan fingerprint density at radius 3 is 3.00 bits per heavy atom. The van der Waals surface area contributed by atoms with E-state index in [0.29, 0.717) is 6.54 Å². The molecule has 0 aromatic carbocycles. The van der Waals surface area contributed by atoms with Crippen LogP contribution in [-0.4, -0.2) is 27.8 Å². The minimum atomic E-state index is 0.144. The van der Waals surface area contributed by atoms with Crippen LogP contribution in [0, 0.1) is 5.92 Å². The van der Waals surface area contributed by atoms with Crippen LogP contribution in [0.15, 0.2) is 12.5 Å². The van der Waals surface area contributed by atoms with Gasteiger partial charge in [0, 0.05) is 25.0 Å². The van der Waals surface area contributed by atoms with Gasteiger partial charge in [0.05, 0.1) is 6.33 Å². The molecule has 3 N–H and O–H groups in total. The topological polar surface area (TPSA) is 64.1 Å². The second kappa shape index (κ2) is 4.99. The summed E-state index contributed by atoms with van der Waals surface area (Å²) in [7, 11) is 0. The number of hydrogen-bond donors (Lipinski definition) is 2. The largest absolute Gasteiger partial charge is 0.396 e. The molecule has 0 fully saturated rings. The van der Waals surface area contributed by atoms with Gasteiger partial charge in [-0.25, -0.2) is 4.98 Å². The lowest BCUT2D eigenvalue weighted by molar-refractivity contribution is 0.228. The highest BCUT2D eigenvalue weighted by atomic mass is 16.3. The first-order valence-electron chi connectivity index (χ1n) is 4.61. The number of rotatable bonds is 5. The van der Waals surface area contributed by atoms with E-state index in [0.717, 1.165) is 18.7 Å². The van der Waals surface area contributed by atoms with Crippen LogP contribution in [0.5, 0.6) is 0 Å². The molecule has 1 heterocycles. The number of nitrogens with zero attached hydrogens (tertiary/aromatic N) is 2. The Morgan fingerprint density at radius 2 is 2.46 bits per heavy atom. The summed E-state index contributed by atoms with van der Waals surface area (Å²) in [5, 5.41) is 8.98. The molecule has 4 heteroatoms. The van der Waals surface area contributed by atoms with Gasteiger partial charge in [-0.1, -0.05) is 0 Å². The van der Waals surface area contributed by atoms with Crippen molar-refractivity contribution < 1.29 is 5.11 Å². The number of aromatic nitrogens is 2. The van der Waals surface area contributed by atoms with Crippen molar-refractivity contribution in [2.75, 3.05) is 13.2 Å². The third-order valence-corrected chi connectivity index (χ3v) is 2.23. The van der Waals surface area contributed by atoms with Gasteiger partial charge in [0.2, 0.25) is 0 Å². The summed E-state index contributed by atoms with van der Waals surface area (Å²) in [5.41, 5.74) is 6.65. The van der Waals surface area contributed by atoms with Crippen LogP contribution < -0.4 is 5.73 Å². The standard InChI is InChI=1S/C9H17N3O/c1-2-12-7-11-5-9(12)3-8(4-10)6-13/h5,7-8,13H,2-4,6,10H2,1H3. The average molecular weight is 183 g/mol. The SMILES string of the molecule is CCn1cncc1CC(CN)CO. The predicted molar refractivity (Wildman–Crippen MR) is 51.2 cm³/mol. The molecule has 13 heavy (non-hydrogen) atoms. The molecule has 0 radical (unpaired) electrons. The third kappa shape index (κ3) is 2.54. The third-order valence-electron chi connectivity index (χ3n) is 2.23. The van der Waals surface area contributed by atoms with E-state index in [1.54, 1.807) is 6.33 Å². The summed E-state index contributed by atoms with van der Waals surface area (Å²) in [6, 6.07) is 0. The van der Waals surface area contributed by atoms with Gasteiger partial charge >= 0.3 is 0 Å². The van der Waals surface area contributed by atoms with E-state index in [-0.39, 0.29) is 12.5 Å². The van der Waals surface area contributed by atoms with Crippen LogP contribution >= 0.6 is 0 Å². The Bertz CT molecular complexity index is 243. The van der Waals surface area contributed by atoms with Crippen molar-refractivity contribution in [3.8, 4) is 0 Å². The van der Waals surface area contributed by atoms with Gasteiger partial charge in [-0.2, -0.15) is 0 Å². The molecule has 1 atom stereocenters. The molecular weight excluding hydrogens is 166 g/mol. The molecule has 0 aliphatic rings. The average Bonchev–Trinajstić information content (AvgIpc) is 2.61. The first-order chi connectivity index (χ1) is 6.31. The minimum absolute atomic E-state index is 0.144. The molecule has 0 spiro atoms. The number of imidazole rings is 1. The Hall–Kier alpha value is -0.870. The highest BCUT2D eigenvalue weighted by Crippen LogP contribution is 2.07. The van der Waals surface area contributed by atoms with Crippen molar-refractivity contribution in [1.29, 1.82) is 0 Å². The van der Waals surface area contributed by atoms with Gasteiger partial charge in [0.25, 0.3) is 0 Å². The van der Waals surface area contributed by atoms with E-state index in [2.05, 4.69) is 16.5 Å². The van der Waals surface area contributed by atoms with Crippen LogP contribution in [0.1, 0.15) is 12.6 Å². The van der Waals surface area contributed by atoms with Crippen molar-refractivity contribution in [2.24, 2.45) is 11.7 Å². The number of aryl methyl sites for hydroxylation is 1. The first-order valence-corrected chi connectivity index (χ1v) is 4.61. The van der Waals surface area contributed by atoms with E-state index >= 15 is 0 Å². The molecule has 0 aliphatic heterocycles. The Morgan fingerprint density at radius 1 is 1.69 bits per heavy atom. The number of hydrogen-bond acceptors (Lipinski definition) is 3. The zero-order valence-corrected chi connectivity index (χ0v) is 7.98. The number of aliphatic hydroxyl groups excluding tert-OH is 1. The fraction of sp³-hybridized carbons (Fsp3) is 0.667. The van der Waals surface area contributed by atoms with Crippen LogP contribution in [0.25, 0.3) is 0 Å². The summed E-state index contributed by atoms with van der Waals surface area (Å²) in [6.07, 6.45) is 4.45. The normalized spacial score (nSPS) is 13.2. The highest BCUT2D eigenvalue weighted by Gasteiger charge is 2.09. The van der Waals surface area contributed by atoms with Gasteiger partial charge in [0.1, 0.15) is 0 Å². The minimum Gasteiger partial charge on any atom is -0.396 e. The van der Waals surface area contributed by atoms with Gasteiger partial charge < -0.3 is 15.4 Å². The fourth-order valence-corrected chi connectivity index (χ4v) is 1.32. The van der Waals surface area contributed by atoms with E-state index < -0.39 is 0 Å². The van der Waals surface area contributed by atoms with Crippen LogP contribution in [0.4, 0.5) is 0 Å².